The van der Waals surface area contributed by atoms with E-state index in [9.17, 15) is 4.79 Å². The Morgan fingerprint density at radius 3 is 2.67 bits per heavy atom. The van der Waals surface area contributed by atoms with Gasteiger partial charge >= 0.3 is 0 Å². The Morgan fingerprint density at radius 1 is 1.12 bits per heavy atom. The van der Waals surface area contributed by atoms with Crippen LogP contribution in [0.25, 0.3) is 0 Å². The number of hydrogen-bond donors (Lipinski definition) is 1. The molecule has 0 unspecified atom stereocenters. The van der Waals surface area contributed by atoms with Gasteiger partial charge in [-0.1, -0.05) is 18.2 Å². The van der Waals surface area contributed by atoms with Gasteiger partial charge in [0.2, 0.25) is 0 Å². The second-order valence-electron chi connectivity index (χ2n) is 6.09. The number of carbonyl (C=O) groups excluding carboxylic acids is 1. The summed E-state index contributed by atoms with van der Waals surface area (Å²) in [6, 6.07) is 14.0. The van der Waals surface area contributed by atoms with Gasteiger partial charge in [0.05, 0.1) is 5.69 Å². The second-order valence-corrected chi connectivity index (χ2v) is 6.94. The first-order valence-corrected chi connectivity index (χ1v) is 9.62. The highest BCUT2D eigenvalue weighted by Crippen LogP contribution is 2.27. The number of carbonyl (C=O) groups is 1. The highest BCUT2D eigenvalue weighted by Gasteiger charge is 2.17. The second kappa shape index (κ2) is 7.75. The maximum absolute atomic E-state index is 12.4. The fourth-order valence-corrected chi connectivity index (χ4v) is 3.58. The Bertz CT molecular complexity index is 729. The van der Waals surface area contributed by atoms with E-state index in [-0.39, 0.29) is 5.91 Å². The van der Waals surface area contributed by atoms with Crippen LogP contribution in [0.3, 0.4) is 0 Å². The van der Waals surface area contributed by atoms with Crippen molar-refractivity contribution in [1.82, 2.24) is 0 Å². The van der Waals surface area contributed by atoms with Crippen molar-refractivity contribution in [2.75, 3.05) is 11.6 Å². The fourth-order valence-electron chi connectivity index (χ4n) is 3.02. The third-order valence-corrected chi connectivity index (χ3v) is 5.16. The molecule has 0 aliphatic heterocycles. The van der Waals surface area contributed by atoms with Crippen molar-refractivity contribution in [1.29, 1.82) is 0 Å². The molecule has 2 aromatic carbocycles. The summed E-state index contributed by atoms with van der Waals surface area (Å²) >= 11 is 1.61. The van der Waals surface area contributed by atoms with Gasteiger partial charge in [0.15, 0.2) is 6.10 Å². The summed E-state index contributed by atoms with van der Waals surface area (Å²) in [6.07, 6.45) is 6.21. The largest absolute Gasteiger partial charge is 0.481 e. The van der Waals surface area contributed by atoms with E-state index >= 15 is 0 Å². The maximum Gasteiger partial charge on any atom is 0.265 e. The fraction of sp³-hybridized carbons (Fsp3) is 0.350. The van der Waals surface area contributed by atoms with Crippen LogP contribution in [0.5, 0.6) is 5.75 Å². The van der Waals surface area contributed by atoms with Crippen molar-refractivity contribution in [2.24, 2.45) is 0 Å². The molecule has 4 heteroatoms. The molecule has 126 valence electrons. The monoisotopic (exact) mass is 341 g/mol. The summed E-state index contributed by atoms with van der Waals surface area (Å²) in [7, 11) is 0. The van der Waals surface area contributed by atoms with E-state index in [1.807, 2.05) is 36.6 Å². The summed E-state index contributed by atoms with van der Waals surface area (Å²) in [6.45, 7) is 1.79. The number of nitrogens with one attached hydrogen (secondary N) is 1. The first kappa shape index (κ1) is 16.9. The van der Waals surface area contributed by atoms with Crippen molar-refractivity contribution >= 4 is 23.4 Å². The number of thioether (sulfide) groups is 1. The van der Waals surface area contributed by atoms with Crippen LogP contribution < -0.4 is 10.1 Å². The molecule has 2 aromatic rings. The van der Waals surface area contributed by atoms with Crippen molar-refractivity contribution in [2.45, 2.75) is 43.6 Å². The van der Waals surface area contributed by atoms with Gasteiger partial charge in [-0.3, -0.25) is 4.79 Å². The number of anilines is 1. The van der Waals surface area contributed by atoms with Gasteiger partial charge in [-0.15, -0.1) is 11.8 Å². The molecule has 0 saturated carbocycles. The number of rotatable bonds is 5. The average molecular weight is 341 g/mol. The molecule has 3 nitrogen and oxygen atoms in total. The molecule has 0 radical (unpaired) electrons. The predicted molar refractivity (Wildman–Crippen MR) is 100 cm³/mol. The number of aryl methyl sites for hydroxylation is 2. The van der Waals surface area contributed by atoms with Crippen LogP contribution in [0.15, 0.2) is 47.4 Å². The lowest BCUT2D eigenvalue weighted by Gasteiger charge is -2.19. The third-order valence-electron chi connectivity index (χ3n) is 4.37. The molecule has 1 aliphatic rings. The average Bonchev–Trinajstić information content (AvgIpc) is 2.62. The molecule has 3 rings (SSSR count). The minimum absolute atomic E-state index is 0.130. The summed E-state index contributed by atoms with van der Waals surface area (Å²) in [5.74, 6) is 0.644. The Balaban J connectivity index is 1.66. The van der Waals surface area contributed by atoms with Crippen molar-refractivity contribution < 1.29 is 9.53 Å². The molecule has 1 amide bonds. The number of hydrogen-bond acceptors (Lipinski definition) is 3. The van der Waals surface area contributed by atoms with Crippen molar-refractivity contribution in [3.8, 4) is 5.75 Å². The summed E-state index contributed by atoms with van der Waals surface area (Å²) in [5.41, 5.74) is 3.61. The molecule has 0 saturated heterocycles. The van der Waals surface area contributed by atoms with Gasteiger partial charge in [0, 0.05) is 4.90 Å². The maximum atomic E-state index is 12.4. The van der Waals surface area contributed by atoms with Gasteiger partial charge in [-0.2, -0.15) is 0 Å². The van der Waals surface area contributed by atoms with Crippen LogP contribution in [0.4, 0.5) is 5.69 Å². The lowest BCUT2D eigenvalue weighted by atomic mass is 9.92. The molecule has 0 fully saturated rings. The molecule has 0 heterocycles. The smallest absolute Gasteiger partial charge is 0.265 e. The molecule has 24 heavy (non-hydrogen) atoms. The van der Waals surface area contributed by atoms with E-state index in [2.05, 4.69) is 17.4 Å². The molecular weight excluding hydrogens is 318 g/mol. The highest BCUT2D eigenvalue weighted by atomic mass is 32.2. The summed E-state index contributed by atoms with van der Waals surface area (Å²) < 4.78 is 5.87. The van der Waals surface area contributed by atoms with Crippen LogP contribution in [-0.4, -0.2) is 18.3 Å². The standard InChI is InChI=1S/C20H23NO2S/c1-14(20(22)21-18-9-5-6-10-19(18)24-2)23-17-12-11-15-7-3-4-8-16(15)13-17/h5-6,9-14H,3-4,7-8H2,1-2H3,(H,21,22)/t14-/m1/s1. The zero-order chi connectivity index (χ0) is 16.9. The van der Waals surface area contributed by atoms with E-state index in [0.29, 0.717) is 0 Å². The Morgan fingerprint density at radius 2 is 1.88 bits per heavy atom. The molecule has 0 aromatic heterocycles. The van der Waals surface area contributed by atoms with Crippen LogP contribution in [0.2, 0.25) is 0 Å². The molecule has 0 spiro atoms. The van der Waals surface area contributed by atoms with Gasteiger partial charge in [-0.05, 0) is 74.3 Å². The normalized spacial score (nSPS) is 14.6. The van der Waals surface area contributed by atoms with Gasteiger partial charge < -0.3 is 10.1 Å². The Hall–Kier alpha value is -1.94. The summed E-state index contributed by atoms with van der Waals surface area (Å²) in [5, 5.41) is 2.96. The first-order valence-electron chi connectivity index (χ1n) is 8.39. The van der Waals surface area contributed by atoms with Gasteiger partial charge in [0.1, 0.15) is 5.75 Å². The molecule has 1 N–H and O–H groups in total. The quantitative estimate of drug-likeness (QED) is 0.802. The lowest BCUT2D eigenvalue weighted by Crippen LogP contribution is -2.30. The third kappa shape index (κ3) is 3.93. The molecule has 1 atom stereocenters. The first-order chi connectivity index (χ1) is 11.7. The van der Waals surface area contributed by atoms with E-state index in [0.717, 1.165) is 29.2 Å². The number of amides is 1. The zero-order valence-corrected chi connectivity index (χ0v) is 15.0. The Labute approximate surface area is 147 Å². The topological polar surface area (TPSA) is 38.3 Å². The van der Waals surface area contributed by atoms with Crippen LogP contribution >= 0.6 is 11.8 Å². The zero-order valence-electron chi connectivity index (χ0n) is 14.2. The summed E-state index contributed by atoms with van der Waals surface area (Å²) in [4.78, 5) is 13.5. The van der Waals surface area contributed by atoms with E-state index in [1.165, 1.54) is 24.0 Å². The number of fused-ring (bicyclic) bond motifs is 1. The van der Waals surface area contributed by atoms with Crippen LogP contribution in [0, 0.1) is 0 Å². The highest BCUT2D eigenvalue weighted by molar-refractivity contribution is 7.98. The molecule has 0 bridgehead atoms. The SMILES string of the molecule is CSc1ccccc1NC(=O)[C@@H](C)Oc1ccc2c(c1)CCCC2. The number of benzene rings is 2. The van der Waals surface area contributed by atoms with Crippen LogP contribution in [0.1, 0.15) is 30.9 Å². The van der Waals surface area contributed by atoms with Crippen LogP contribution in [-0.2, 0) is 17.6 Å². The molecule has 1 aliphatic carbocycles. The van der Waals surface area contributed by atoms with E-state index < -0.39 is 6.10 Å². The van der Waals surface area contributed by atoms with Gasteiger partial charge in [-0.25, -0.2) is 0 Å². The van der Waals surface area contributed by atoms with E-state index in [4.69, 9.17) is 4.74 Å². The van der Waals surface area contributed by atoms with Crippen molar-refractivity contribution in [3.63, 3.8) is 0 Å². The minimum Gasteiger partial charge on any atom is -0.481 e. The Kier molecular flexibility index (Phi) is 5.46. The van der Waals surface area contributed by atoms with E-state index in [1.54, 1.807) is 18.7 Å². The number of para-hydroxylation sites is 1. The minimum atomic E-state index is -0.540. The van der Waals surface area contributed by atoms with Gasteiger partial charge in [0.25, 0.3) is 5.91 Å². The lowest BCUT2D eigenvalue weighted by molar-refractivity contribution is -0.122. The van der Waals surface area contributed by atoms with Crippen molar-refractivity contribution in [3.05, 3.63) is 53.6 Å². The predicted octanol–water partition coefficient (Wildman–Crippen LogP) is 4.69. The number of ether oxygens (including phenoxy) is 1. The molecular formula is C20H23NO2S.